The van der Waals surface area contributed by atoms with Gasteiger partial charge in [0.05, 0.1) is 13.2 Å². The summed E-state index contributed by atoms with van der Waals surface area (Å²) in [5.41, 5.74) is -0.0212. The second kappa shape index (κ2) is 8.44. The quantitative estimate of drug-likeness (QED) is 0.635. The summed E-state index contributed by atoms with van der Waals surface area (Å²) in [5.74, 6) is 0.0417. The number of nitrogens with zero attached hydrogens (tertiary/aromatic N) is 1. The summed E-state index contributed by atoms with van der Waals surface area (Å²) in [5, 5.41) is 6.03. The van der Waals surface area contributed by atoms with Gasteiger partial charge in [0.2, 0.25) is 5.91 Å². The molecule has 0 rings (SSSR count). The Morgan fingerprint density at radius 2 is 1.94 bits per heavy atom. The zero-order chi connectivity index (χ0) is 13.3. The molecule has 0 atom stereocenters. The Kier molecular flexibility index (Phi) is 8.12. The van der Waals surface area contributed by atoms with E-state index in [-0.39, 0.29) is 11.4 Å². The molecule has 1 amide bonds. The normalized spacial score (nSPS) is 11.9. The van der Waals surface area contributed by atoms with Crippen LogP contribution in [0.15, 0.2) is 0 Å². The molecule has 0 bridgehead atoms. The zero-order valence-corrected chi connectivity index (χ0v) is 11.8. The minimum absolute atomic E-state index is 0.0212. The molecule has 0 spiro atoms. The summed E-state index contributed by atoms with van der Waals surface area (Å²) in [6, 6.07) is 0. The molecule has 0 aliphatic heterocycles. The topological polar surface area (TPSA) is 53.6 Å². The smallest absolute Gasteiger partial charge is 0.234 e. The third kappa shape index (κ3) is 11.6. The number of hydrogen-bond acceptors (Lipinski definition) is 4. The van der Waals surface area contributed by atoms with Gasteiger partial charge in [0, 0.05) is 32.3 Å². The van der Waals surface area contributed by atoms with Crippen molar-refractivity contribution in [2.45, 2.75) is 26.3 Å². The van der Waals surface area contributed by atoms with Gasteiger partial charge in [-0.3, -0.25) is 4.79 Å². The Morgan fingerprint density at radius 1 is 1.29 bits per heavy atom. The minimum atomic E-state index is -0.0212. The van der Waals surface area contributed by atoms with E-state index in [0.29, 0.717) is 13.1 Å². The lowest BCUT2D eigenvalue weighted by Gasteiger charge is -2.20. The molecule has 2 N–H and O–H groups in total. The van der Waals surface area contributed by atoms with Gasteiger partial charge in [-0.1, -0.05) is 0 Å². The molecular formula is C12H27N3O2. The summed E-state index contributed by atoms with van der Waals surface area (Å²) < 4.78 is 4.98. The predicted octanol–water partition coefficient (Wildman–Crippen LogP) is 0.0689. The molecule has 0 aliphatic carbocycles. The van der Waals surface area contributed by atoms with Gasteiger partial charge < -0.3 is 20.3 Å². The van der Waals surface area contributed by atoms with Crippen molar-refractivity contribution in [2.75, 3.05) is 46.9 Å². The standard InChI is InChI=1S/C12H27N3O2/c1-12(2,3)14-10-11(16)13-6-7-15(4)8-9-17-5/h14H,6-10H2,1-5H3,(H,13,16). The van der Waals surface area contributed by atoms with Crippen LogP contribution >= 0.6 is 0 Å². The van der Waals surface area contributed by atoms with Crippen LogP contribution in [0, 0.1) is 0 Å². The number of ether oxygens (including phenoxy) is 1. The zero-order valence-electron chi connectivity index (χ0n) is 11.8. The van der Waals surface area contributed by atoms with Crippen LogP contribution in [-0.4, -0.2) is 63.3 Å². The molecule has 5 heteroatoms. The van der Waals surface area contributed by atoms with Crippen LogP contribution in [0.4, 0.5) is 0 Å². The second-order valence-corrected chi connectivity index (χ2v) is 5.25. The molecule has 17 heavy (non-hydrogen) atoms. The molecule has 0 aromatic heterocycles. The molecule has 0 aromatic rings. The van der Waals surface area contributed by atoms with Crippen molar-refractivity contribution >= 4 is 5.91 Å². The Labute approximate surface area is 105 Å². The Morgan fingerprint density at radius 3 is 2.47 bits per heavy atom. The largest absolute Gasteiger partial charge is 0.383 e. The SMILES string of the molecule is COCCN(C)CCNC(=O)CNC(C)(C)C. The number of amides is 1. The summed E-state index contributed by atoms with van der Waals surface area (Å²) >= 11 is 0. The Bertz CT molecular complexity index is 214. The van der Waals surface area contributed by atoms with Gasteiger partial charge >= 0.3 is 0 Å². The van der Waals surface area contributed by atoms with Crippen LogP contribution in [-0.2, 0) is 9.53 Å². The van der Waals surface area contributed by atoms with Crippen LogP contribution in [0.1, 0.15) is 20.8 Å². The van der Waals surface area contributed by atoms with E-state index in [1.807, 2.05) is 27.8 Å². The molecule has 0 saturated carbocycles. The first-order valence-corrected chi connectivity index (χ1v) is 6.04. The third-order valence-corrected chi connectivity index (χ3v) is 2.27. The van der Waals surface area contributed by atoms with E-state index in [4.69, 9.17) is 4.74 Å². The molecule has 0 saturated heterocycles. The lowest BCUT2D eigenvalue weighted by Crippen LogP contribution is -2.44. The highest BCUT2D eigenvalue weighted by molar-refractivity contribution is 5.78. The van der Waals surface area contributed by atoms with Gasteiger partial charge in [0.15, 0.2) is 0 Å². The average Bonchev–Trinajstić information content (AvgIpc) is 2.22. The Hall–Kier alpha value is -0.650. The minimum Gasteiger partial charge on any atom is -0.383 e. The van der Waals surface area contributed by atoms with Crippen molar-refractivity contribution in [1.29, 1.82) is 0 Å². The molecule has 0 aliphatic rings. The van der Waals surface area contributed by atoms with Gasteiger partial charge in [0.1, 0.15) is 0 Å². The number of likely N-dealkylation sites (N-methyl/N-ethyl adjacent to an activating group) is 1. The van der Waals surface area contributed by atoms with Crippen molar-refractivity contribution < 1.29 is 9.53 Å². The molecular weight excluding hydrogens is 218 g/mol. The van der Waals surface area contributed by atoms with Gasteiger partial charge in [-0.15, -0.1) is 0 Å². The number of carbonyl (C=O) groups is 1. The molecule has 5 nitrogen and oxygen atoms in total. The van der Waals surface area contributed by atoms with Gasteiger partial charge in [0.25, 0.3) is 0 Å². The van der Waals surface area contributed by atoms with E-state index in [0.717, 1.165) is 19.7 Å². The first kappa shape index (κ1) is 16.4. The van der Waals surface area contributed by atoms with Gasteiger partial charge in [-0.2, -0.15) is 0 Å². The summed E-state index contributed by atoms with van der Waals surface area (Å²) in [6.07, 6.45) is 0. The monoisotopic (exact) mass is 245 g/mol. The van der Waals surface area contributed by atoms with Crippen LogP contribution in [0.25, 0.3) is 0 Å². The number of methoxy groups -OCH3 is 1. The first-order chi connectivity index (χ1) is 7.85. The predicted molar refractivity (Wildman–Crippen MR) is 70.1 cm³/mol. The highest BCUT2D eigenvalue weighted by atomic mass is 16.5. The van der Waals surface area contributed by atoms with Crippen LogP contribution in [0.3, 0.4) is 0 Å². The summed E-state index contributed by atoms with van der Waals surface area (Å²) in [7, 11) is 3.70. The maximum Gasteiger partial charge on any atom is 0.234 e. The van der Waals surface area contributed by atoms with E-state index < -0.39 is 0 Å². The average molecular weight is 245 g/mol. The second-order valence-electron chi connectivity index (χ2n) is 5.25. The fourth-order valence-corrected chi connectivity index (χ4v) is 1.15. The molecule has 0 fully saturated rings. The van der Waals surface area contributed by atoms with Gasteiger partial charge in [-0.25, -0.2) is 0 Å². The molecule has 0 unspecified atom stereocenters. The first-order valence-electron chi connectivity index (χ1n) is 6.04. The van der Waals surface area contributed by atoms with Gasteiger partial charge in [-0.05, 0) is 27.8 Å². The van der Waals surface area contributed by atoms with E-state index in [1.165, 1.54) is 0 Å². The number of carbonyl (C=O) groups excluding carboxylic acids is 1. The molecule has 102 valence electrons. The maximum atomic E-state index is 11.5. The van der Waals surface area contributed by atoms with Crippen molar-refractivity contribution in [2.24, 2.45) is 0 Å². The van der Waals surface area contributed by atoms with E-state index in [1.54, 1.807) is 7.11 Å². The molecule has 0 heterocycles. The van der Waals surface area contributed by atoms with Crippen molar-refractivity contribution in [3.05, 3.63) is 0 Å². The summed E-state index contributed by atoms with van der Waals surface area (Å²) in [4.78, 5) is 13.6. The number of nitrogens with one attached hydrogen (secondary N) is 2. The molecule has 0 radical (unpaired) electrons. The lowest BCUT2D eigenvalue weighted by atomic mass is 10.1. The van der Waals surface area contributed by atoms with Crippen molar-refractivity contribution in [1.82, 2.24) is 15.5 Å². The van der Waals surface area contributed by atoms with Crippen molar-refractivity contribution in [3.8, 4) is 0 Å². The van der Waals surface area contributed by atoms with Crippen LogP contribution in [0.5, 0.6) is 0 Å². The fourth-order valence-electron chi connectivity index (χ4n) is 1.15. The van der Waals surface area contributed by atoms with E-state index in [2.05, 4.69) is 15.5 Å². The third-order valence-electron chi connectivity index (χ3n) is 2.27. The lowest BCUT2D eigenvalue weighted by molar-refractivity contribution is -0.120. The van der Waals surface area contributed by atoms with Crippen molar-refractivity contribution in [3.63, 3.8) is 0 Å². The number of rotatable bonds is 8. The fraction of sp³-hybridized carbons (Fsp3) is 0.917. The van der Waals surface area contributed by atoms with Crippen LogP contribution < -0.4 is 10.6 Å². The highest BCUT2D eigenvalue weighted by Gasteiger charge is 2.10. The number of hydrogen-bond donors (Lipinski definition) is 2. The summed E-state index contributed by atoms with van der Waals surface area (Å²) in [6.45, 7) is 9.60. The molecule has 0 aromatic carbocycles. The highest BCUT2D eigenvalue weighted by Crippen LogP contribution is 1.96. The Balaban J connectivity index is 3.51. The maximum absolute atomic E-state index is 11.5. The van der Waals surface area contributed by atoms with E-state index >= 15 is 0 Å². The van der Waals surface area contributed by atoms with E-state index in [9.17, 15) is 4.79 Å². The van der Waals surface area contributed by atoms with Crippen LogP contribution in [0.2, 0.25) is 0 Å².